The molecule has 1 heterocycles. The van der Waals surface area contributed by atoms with Crippen LogP contribution in [0.5, 0.6) is 0 Å². The van der Waals surface area contributed by atoms with E-state index >= 15 is 0 Å². The Hall–Kier alpha value is -7.94. The summed E-state index contributed by atoms with van der Waals surface area (Å²) in [5.41, 5.74) is 16.4. The SMILES string of the molecule is c1ccc(-c2ccc(N(c3ccc(-c4ccc5ccccc5c4-c4ccccc4)cc3)c3cccc4c3oc3c(-c5ccccc5)ccc(-c5ccccc5)c34)cc2)cc1. The molecule has 0 amide bonds. The Morgan fingerprint density at radius 2 is 0.750 bits per heavy atom. The zero-order chi connectivity index (χ0) is 39.8. The van der Waals surface area contributed by atoms with Gasteiger partial charge in [0.05, 0.1) is 5.69 Å². The van der Waals surface area contributed by atoms with Gasteiger partial charge in [0.25, 0.3) is 0 Å². The molecule has 0 aliphatic rings. The number of hydrogen-bond donors (Lipinski definition) is 0. The molecule has 11 aromatic rings. The molecule has 10 aromatic carbocycles. The molecule has 60 heavy (non-hydrogen) atoms. The lowest BCUT2D eigenvalue weighted by Gasteiger charge is -2.26. The van der Waals surface area contributed by atoms with Gasteiger partial charge in [0.2, 0.25) is 0 Å². The standard InChI is InChI=1S/C58H39NO/c1-5-16-40(17-6-1)41-28-33-47(34-29-41)59(48-35-30-45(31-36-48)50-37-32-44-22-13-14-25-49(44)55(50)46-23-11-4-12-24-46)54-27-15-26-53-56-51(42-18-7-2-8-19-42)38-39-52(58(56)60-57(53)54)43-20-9-3-10-21-43/h1-39H. The maximum Gasteiger partial charge on any atom is 0.159 e. The number of furan rings is 1. The van der Waals surface area contributed by atoms with Gasteiger partial charge in [-0.3, -0.25) is 0 Å². The third-order valence-electron chi connectivity index (χ3n) is 11.7. The summed E-state index contributed by atoms with van der Waals surface area (Å²) in [4.78, 5) is 2.34. The molecule has 0 fully saturated rings. The molecule has 0 saturated carbocycles. The number of nitrogens with zero attached hydrogens (tertiary/aromatic N) is 1. The minimum atomic E-state index is 0.838. The van der Waals surface area contributed by atoms with Gasteiger partial charge in [-0.1, -0.05) is 200 Å². The van der Waals surface area contributed by atoms with Crippen molar-refractivity contribution in [2.24, 2.45) is 0 Å². The fourth-order valence-electron chi connectivity index (χ4n) is 8.85. The van der Waals surface area contributed by atoms with E-state index < -0.39 is 0 Å². The molecule has 0 spiro atoms. The highest BCUT2D eigenvalue weighted by molar-refractivity contribution is 6.19. The zero-order valence-electron chi connectivity index (χ0n) is 32.9. The van der Waals surface area contributed by atoms with Crippen LogP contribution in [-0.2, 0) is 0 Å². The van der Waals surface area contributed by atoms with E-state index in [2.05, 4.69) is 241 Å². The first-order valence-electron chi connectivity index (χ1n) is 20.5. The van der Waals surface area contributed by atoms with Gasteiger partial charge in [0.15, 0.2) is 5.58 Å². The van der Waals surface area contributed by atoms with Crippen LogP contribution in [0.25, 0.3) is 88.3 Å². The molecule has 0 aliphatic carbocycles. The lowest BCUT2D eigenvalue weighted by molar-refractivity contribution is 0.670. The number of fused-ring (bicyclic) bond motifs is 4. The second kappa shape index (κ2) is 15.1. The van der Waals surface area contributed by atoms with Gasteiger partial charge in [-0.05, 0) is 97.2 Å². The molecular formula is C58H39NO. The Labute approximate surface area is 349 Å². The third-order valence-corrected chi connectivity index (χ3v) is 11.7. The summed E-state index contributed by atoms with van der Waals surface area (Å²) in [6.07, 6.45) is 0. The van der Waals surface area contributed by atoms with Crippen molar-refractivity contribution in [3.63, 3.8) is 0 Å². The highest BCUT2D eigenvalue weighted by atomic mass is 16.3. The first-order chi connectivity index (χ1) is 29.8. The zero-order valence-corrected chi connectivity index (χ0v) is 32.9. The van der Waals surface area contributed by atoms with Gasteiger partial charge in [0, 0.05) is 27.7 Å². The second-order valence-electron chi connectivity index (χ2n) is 15.2. The molecule has 0 radical (unpaired) electrons. The van der Waals surface area contributed by atoms with E-state index in [9.17, 15) is 0 Å². The van der Waals surface area contributed by atoms with Crippen molar-refractivity contribution >= 4 is 49.8 Å². The summed E-state index contributed by atoms with van der Waals surface area (Å²) in [6.45, 7) is 0. The molecule has 2 nitrogen and oxygen atoms in total. The topological polar surface area (TPSA) is 16.4 Å². The average molecular weight is 766 g/mol. The molecule has 0 aliphatic heterocycles. The number of benzene rings is 10. The van der Waals surface area contributed by atoms with Crippen molar-refractivity contribution in [3.8, 4) is 55.6 Å². The lowest BCUT2D eigenvalue weighted by Crippen LogP contribution is -2.10. The number of anilines is 3. The van der Waals surface area contributed by atoms with Crippen molar-refractivity contribution in [2.45, 2.75) is 0 Å². The van der Waals surface area contributed by atoms with Gasteiger partial charge in [-0.25, -0.2) is 0 Å². The Bertz CT molecular complexity index is 3260. The predicted octanol–water partition coefficient (Wildman–Crippen LogP) is 16.5. The van der Waals surface area contributed by atoms with Gasteiger partial charge in [0.1, 0.15) is 5.58 Å². The normalized spacial score (nSPS) is 11.3. The third kappa shape index (κ3) is 6.23. The van der Waals surface area contributed by atoms with Crippen LogP contribution >= 0.6 is 0 Å². The van der Waals surface area contributed by atoms with Gasteiger partial charge in [-0.15, -0.1) is 0 Å². The van der Waals surface area contributed by atoms with E-state index in [0.717, 1.165) is 66.8 Å². The second-order valence-corrected chi connectivity index (χ2v) is 15.2. The smallest absolute Gasteiger partial charge is 0.159 e. The fraction of sp³-hybridized carbons (Fsp3) is 0. The van der Waals surface area contributed by atoms with Crippen molar-refractivity contribution in [3.05, 3.63) is 237 Å². The Kier molecular flexibility index (Phi) is 8.87. The monoisotopic (exact) mass is 765 g/mol. The van der Waals surface area contributed by atoms with Crippen LogP contribution < -0.4 is 4.90 Å². The molecule has 0 unspecified atom stereocenters. The molecule has 2 heteroatoms. The predicted molar refractivity (Wildman–Crippen MR) is 253 cm³/mol. The first-order valence-corrected chi connectivity index (χ1v) is 20.5. The van der Waals surface area contributed by atoms with Crippen LogP contribution in [0.4, 0.5) is 17.1 Å². The molecule has 11 rings (SSSR count). The molecule has 282 valence electrons. The molecule has 0 atom stereocenters. The summed E-state index contributed by atoms with van der Waals surface area (Å²) in [5, 5.41) is 4.66. The van der Waals surface area contributed by atoms with Gasteiger partial charge < -0.3 is 9.32 Å². The highest BCUT2D eigenvalue weighted by Crippen LogP contribution is 2.48. The summed E-state index contributed by atoms with van der Waals surface area (Å²) >= 11 is 0. The average Bonchev–Trinajstić information content (AvgIpc) is 3.73. The lowest BCUT2D eigenvalue weighted by atomic mass is 9.90. The fourth-order valence-corrected chi connectivity index (χ4v) is 8.85. The van der Waals surface area contributed by atoms with Crippen LogP contribution in [-0.4, -0.2) is 0 Å². The quantitative estimate of drug-likeness (QED) is 0.153. The maximum absolute atomic E-state index is 7.21. The van der Waals surface area contributed by atoms with E-state index in [1.54, 1.807) is 0 Å². The Morgan fingerprint density at radius 1 is 0.283 bits per heavy atom. The van der Waals surface area contributed by atoms with Crippen LogP contribution in [0, 0.1) is 0 Å². The summed E-state index contributed by atoms with van der Waals surface area (Å²) in [7, 11) is 0. The van der Waals surface area contributed by atoms with Crippen molar-refractivity contribution in [2.75, 3.05) is 4.90 Å². The number of hydrogen-bond acceptors (Lipinski definition) is 2. The highest BCUT2D eigenvalue weighted by Gasteiger charge is 2.23. The van der Waals surface area contributed by atoms with E-state index in [-0.39, 0.29) is 0 Å². The first kappa shape index (κ1) is 35.2. The summed E-state index contributed by atoms with van der Waals surface area (Å²) in [6, 6.07) is 84.6. The maximum atomic E-state index is 7.21. The summed E-state index contributed by atoms with van der Waals surface area (Å²) in [5.74, 6) is 0. The largest absolute Gasteiger partial charge is 0.453 e. The van der Waals surface area contributed by atoms with Crippen molar-refractivity contribution in [1.29, 1.82) is 0 Å². The Morgan fingerprint density at radius 3 is 1.40 bits per heavy atom. The van der Waals surface area contributed by atoms with Crippen LogP contribution in [0.15, 0.2) is 241 Å². The van der Waals surface area contributed by atoms with Crippen LogP contribution in [0.2, 0.25) is 0 Å². The van der Waals surface area contributed by atoms with Crippen molar-refractivity contribution < 1.29 is 4.42 Å². The minimum Gasteiger partial charge on any atom is -0.453 e. The van der Waals surface area contributed by atoms with E-state index in [1.807, 2.05) is 0 Å². The van der Waals surface area contributed by atoms with Crippen molar-refractivity contribution in [1.82, 2.24) is 0 Å². The van der Waals surface area contributed by atoms with E-state index in [0.29, 0.717) is 0 Å². The minimum absolute atomic E-state index is 0.838. The molecule has 0 saturated heterocycles. The molecule has 0 N–H and O–H groups in total. The van der Waals surface area contributed by atoms with E-state index in [4.69, 9.17) is 4.42 Å². The van der Waals surface area contributed by atoms with Crippen LogP contribution in [0.3, 0.4) is 0 Å². The number of para-hydroxylation sites is 1. The molecular weight excluding hydrogens is 727 g/mol. The number of rotatable bonds is 8. The van der Waals surface area contributed by atoms with Gasteiger partial charge in [-0.2, -0.15) is 0 Å². The van der Waals surface area contributed by atoms with Gasteiger partial charge >= 0.3 is 0 Å². The molecule has 0 bridgehead atoms. The molecule has 1 aromatic heterocycles. The Balaban J connectivity index is 1.12. The summed E-state index contributed by atoms with van der Waals surface area (Å²) < 4.78 is 7.21. The van der Waals surface area contributed by atoms with E-state index in [1.165, 1.54) is 38.6 Å². The van der Waals surface area contributed by atoms with Crippen LogP contribution in [0.1, 0.15) is 0 Å².